The predicted molar refractivity (Wildman–Crippen MR) is 63.0 cm³/mol. The van der Waals surface area contributed by atoms with E-state index in [4.69, 9.17) is 4.84 Å². The molecule has 16 heavy (non-hydrogen) atoms. The van der Waals surface area contributed by atoms with E-state index in [0.717, 1.165) is 10.8 Å². The molecule has 82 valence electrons. The zero-order chi connectivity index (χ0) is 11.4. The summed E-state index contributed by atoms with van der Waals surface area (Å²) in [6.07, 6.45) is 0.410. The van der Waals surface area contributed by atoms with Gasteiger partial charge in [0.25, 0.3) is 5.91 Å². The average Bonchev–Trinajstić information content (AvgIpc) is 2.35. The zero-order valence-electron chi connectivity index (χ0n) is 9.07. The lowest BCUT2D eigenvalue weighted by molar-refractivity contribution is -0.127. The lowest BCUT2D eigenvalue weighted by atomic mass is 10.1. The highest BCUT2D eigenvalue weighted by atomic mass is 16.7. The van der Waals surface area contributed by atoms with Crippen LogP contribution in [0, 0.1) is 0 Å². The molecule has 0 heterocycles. The first-order chi connectivity index (χ1) is 7.79. The minimum absolute atomic E-state index is 0.131. The molecule has 3 heteroatoms. The maximum absolute atomic E-state index is 11.0. The van der Waals surface area contributed by atoms with Crippen molar-refractivity contribution < 1.29 is 9.63 Å². The van der Waals surface area contributed by atoms with Crippen molar-refractivity contribution >= 4 is 16.7 Å². The molecule has 0 aromatic heterocycles. The SMILES string of the molecule is CCC(=O)NOc1ccc2ccccc2c1. The number of hydroxylamine groups is 1. The van der Waals surface area contributed by atoms with Crippen molar-refractivity contribution in [2.45, 2.75) is 13.3 Å². The average molecular weight is 215 g/mol. The number of carbonyl (C=O) groups is 1. The molecule has 0 saturated heterocycles. The summed E-state index contributed by atoms with van der Waals surface area (Å²) in [6.45, 7) is 1.78. The summed E-state index contributed by atoms with van der Waals surface area (Å²) in [7, 11) is 0. The molecule has 0 radical (unpaired) electrons. The van der Waals surface area contributed by atoms with Crippen LogP contribution < -0.4 is 10.3 Å². The Labute approximate surface area is 94.0 Å². The topological polar surface area (TPSA) is 38.3 Å². The summed E-state index contributed by atoms with van der Waals surface area (Å²) in [5.41, 5.74) is 2.37. The van der Waals surface area contributed by atoms with Crippen molar-refractivity contribution in [1.29, 1.82) is 0 Å². The van der Waals surface area contributed by atoms with E-state index in [0.29, 0.717) is 12.2 Å². The number of rotatable bonds is 3. The normalized spacial score (nSPS) is 10.1. The summed E-state index contributed by atoms with van der Waals surface area (Å²) in [5, 5.41) is 2.24. The molecular weight excluding hydrogens is 202 g/mol. The van der Waals surface area contributed by atoms with Crippen LogP contribution in [-0.4, -0.2) is 5.91 Å². The molecule has 0 aliphatic rings. The Kier molecular flexibility index (Phi) is 3.05. The fourth-order valence-electron chi connectivity index (χ4n) is 1.42. The molecule has 1 N–H and O–H groups in total. The van der Waals surface area contributed by atoms with Gasteiger partial charge in [0, 0.05) is 6.42 Å². The third kappa shape index (κ3) is 2.31. The maximum atomic E-state index is 11.0. The molecule has 0 unspecified atom stereocenters. The summed E-state index contributed by atoms with van der Waals surface area (Å²) in [4.78, 5) is 16.2. The molecule has 0 saturated carbocycles. The van der Waals surface area contributed by atoms with Gasteiger partial charge in [-0.3, -0.25) is 4.79 Å². The molecule has 2 rings (SSSR count). The number of carbonyl (C=O) groups excluding carboxylic acids is 1. The van der Waals surface area contributed by atoms with Gasteiger partial charge in [-0.05, 0) is 22.9 Å². The zero-order valence-corrected chi connectivity index (χ0v) is 9.07. The van der Waals surface area contributed by atoms with Crippen molar-refractivity contribution in [3.63, 3.8) is 0 Å². The number of amides is 1. The van der Waals surface area contributed by atoms with Crippen LogP contribution in [0.1, 0.15) is 13.3 Å². The Morgan fingerprint density at radius 2 is 1.94 bits per heavy atom. The minimum Gasteiger partial charge on any atom is -0.380 e. The second-order valence-electron chi connectivity index (χ2n) is 3.49. The van der Waals surface area contributed by atoms with E-state index >= 15 is 0 Å². The van der Waals surface area contributed by atoms with Crippen molar-refractivity contribution in [3.05, 3.63) is 42.5 Å². The van der Waals surface area contributed by atoms with E-state index in [1.54, 1.807) is 6.92 Å². The fourth-order valence-corrected chi connectivity index (χ4v) is 1.42. The van der Waals surface area contributed by atoms with Crippen LogP contribution in [-0.2, 0) is 4.79 Å². The van der Waals surface area contributed by atoms with Gasteiger partial charge in [-0.2, -0.15) is 5.48 Å². The first kappa shape index (κ1) is 10.5. The van der Waals surface area contributed by atoms with Crippen molar-refractivity contribution in [2.24, 2.45) is 0 Å². The lowest BCUT2D eigenvalue weighted by Crippen LogP contribution is -2.25. The Morgan fingerprint density at radius 1 is 1.19 bits per heavy atom. The molecule has 1 amide bonds. The largest absolute Gasteiger partial charge is 0.380 e. The summed E-state index contributed by atoms with van der Waals surface area (Å²) < 4.78 is 0. The van der Waals surface area contributed by atoms with Gasteiger partial charge in [-0.15, -0.1) is 0 Å². The van der Waals surface area contributed by atoms with Crippen LogP contribution in [0.2, 0.25) is 0 Å². The molecule has 0 aliphatic heterocycles. The smallest absolute Gasteiger partial charge is 0.252 e. The molecule has 2 aromatic rings. The minimum atomic E-state index is -0.131. The van der Waals surface area contributed by atoms with Gasteiger partial charge in [-0.1, -0.05) is 37.3 Å². The van der Waals surface area contributed by atoms with Gasteiger partial charge < -0.3 is 4.84 Å². The number of nitrogens with one attached hydrogen (secondary N) is 1. The number of hydrogen-bond acceptors (Lipinski definition) is 2. The Hall–Kier alpha value is -2.03. The van der Waals surface area contributed by atoms with E-state index in [1.807, 2.05) is 42.5 Å². The Bertz CT molecular complexity index is 508. The van der Waals surface area contributed by atoms with Crippen molar-refractivity contribution in [3.8, 4) is 5.75 Å². The van der Waals surface area contributed by atoms with Crippen LogP contribution in [0.25, 0.3) is 10.8 Å². The fraction of sp³-hybridized carbons (Fsp3) is 0.154. The predicted octanol–water partition coefficient (Wildman–Crippen LogP) is 2.66. The van der Waals surface area contributed by atoms with Crippen LogP contribution in [0.4, 0.5) is 0 Å². The molecule has 0 atom stereocenters. The summed E-state index contributed by atoms with van der Waals surface area (Å²) in [6, 6.07) is 13.7. The second-order valence-corrected chi connectivity index (χ2v) is 3.49. The van der Waals surface area contributed by atoms with E-state index in [2.05, 4.69) is 5.48 Å². The molecular formula is C13H13NO2. The Morgan fingerprint density at radius 3 is 2.69 bits per heavy atom. The van der Waals surface area contributed by atoms with Gasteiger partial charge in [-0.25, -0.2) is 0 Å². The highest BCUT2D eigenvalue weighted by Crippen LogP contribution is 2.19. The third-order valence-corrected chi connectivity index (χ3v) is 2.32. The van der Waals surface area contributed by atoms with E-state index in [1.165, 1.54) is 0 Å². The first-order valence-electron chi connectivity index (χ1n) is 5.24. The standard InChI is InChI=1S/C13H13NO2/c1-2-13(15)14-16-12-8-7-10-5-3-4-6-11(10)9-12/h3-9H,2H2,1H3,(H,14,15). The van der Waals surface area contributed by atoms with Gasteiger partial charge in [0.1, 0.15) is 0 Å². The lowest BCUT2D eigenvalue weighted by Gasteiger charge is -2.06. The molecule has 0 bridgehead atoms. The summed E-state index contributed by atoms with van der Waals surface area (Å²) in [5.74, 6) is 0.508. The first-order valence-corrected chi connectivity index (χ1v) is 5.24. The van der Waals surface area contributed by atoms with Crippen molar-refractivity contribution in [2.75, 3.05) is 0 Å². The van der Waals surface area contributed by atoms with Gasteiger partial charge in [0.2, 0.25) is 0 Å². The molecule has 0 aliphatic carbocycles. The van der Waals surface area contributed by atoms with E-state index < -0.39 is 0 Å². The van der Waals surface area contributed by atoms with Crippen LogP contribution in [0.3, 0.4) is 0 Å². The maximum Gasteiger partial charge on any atom is 0.252 e. The van der Waals surface area contributed by atoms with Gasteiger partial charge in [0.05, 0.1) is 0 Å². The van der Waals surface area contributed by atoms with Gasteiger partial charge >= 0.3 is 0 Å². The monoisotopic (exact) mass is 215 g/mol. The van der Waals surface area contributed by atoms with Crippen LogP contribution >= 0.6 is 0 Å². The van der Waals surface area contributed by atoms with Crippen molar-refractivity contribution in [1.82, 2.24) is 5.48 Å². The molecule has 3 nitrogen and oxygen atoms in total. The second kappa shape index (κ2) is 4.66. The van der Waals surface area contributed by atoms with E-state index in [-0.39, 0.29) is 5.91 Å². The summed E-state index contributed by atoms with van der Waals surface area (Å²) >= 11 is 0. The van der Waals surface area contributed by atoms with Crippen LogP contribution in [0.15, 0.2) is 42.5 Å². The number of fused-ring (bicyclic) bond motifs is 1. The third-order valence-electron chi connectivity index (χ3n) is 2.32. The van der Waals surface area contributed by atoms with Gasteiger partial charge in [0.15, 0.2) is 5.75 Å². The highest BCUT2D eigenvalue weighted by molar-refractivity contribution is 5.83. The molecule has 2 aromatic carbocycles. The molecule has 0 spiro atoms. The van der Waals surface area contributed by atoms with E-state index in [9.17, 15) is 4.79 Å². The number of hydrogen-bond donors (Lipinski definition) is 1. The Balaban J connectivity index is 2.16. The number of benzene rings is 2. The highest BCUT2D eigenvalue weighted by Gasteiger charge is 1.99. The van der Waals surface area contributed by atoms with Crippen LogP contribution in [0.5, 0.6) is 5.75 Å². The quantitative estimate of drug-likeness (QED) is 0.799. The molecule has 0 fully saturated rings.